The van der Waals surface area contributed by atoms with E-state index >= 15 is 0 Å². The molecule has 0 aliphatic rings. The molecule has 5 nitrogen and oxygen atoms in total. The molecule has 0 spiro atoms. The fraction of sp³-hybridized carbons (Fsp3) is 0.686. The zero-order chi connectivity index (χ0) is 28.5. The molecule has 2 N–H and O–H groups in total. The molecular formula is C35H60Br2N4O. The van der Waals surface area contributed by atoms with Crippen LogP contribution in [-0.2, 0) is 19.5 Å². The molecule has 42 heavy (non-hydrogen) atoms. The van der Waals surface area contributed by atoms with E-state index in [1.165, 1.54) is 108 Å². The van der Waals surface area contributed by atoms with Crippen LogP contribution in [0.2, 0.25) is 0 Å². The predicted molar refractivity (Wildman–Crippen MR) is 168 cm³/mol. The first-order valence-corrected chi connectivity index (χ1v) is 16.7. The van der Waals surface area contributed by atoms with E-state index in [9.17, 15) is 4.79 Å². The Morgan fingerprint density at radius 3 is 1.48 bits per heavy atom. The van der Waals surface area contributed by atoms with Crippen LogP contribution in [0.1, 0.15) is 135 Å². The molecule has 0 aromatic carbocycles. The summed E-state index contributed by atoms with van der Waals surface area (Å²) in [7, 11) is 0. The van der Waals surface area contributed by atoms with Gasteiger partial charge in [-0.2, -0.15) is 0 Å². The summed E-state index contributed by atoms with van der Waals surface area (Å²) in [4.78, 5) is 12.3. The molecule has 0 atom stereocenters. The first-order valence-electron chi connectivity index (χ1n) is 16.7. The van der Waals surface area contributed by atoms with Gasteiger partial charge in [0.15, 0.2) is 24.8 Å². The van der Waals surface area contributed by atoms with E-state index < -0.39 is 0 Å². The molecule has 2 aromatic rings. The molecule has 2 rings (SSSR count). The van der Waals surface area contributed by atoms with Crippen LogP contribution in [0.3, 0.4) is 0 Å². The first-order chi connectivity index (χ1) is 19.7. The Balaban J connectivity index is 0.00000840. The Kier molecular flexibility index (Phi) is 27.3. The Hall–Kier alpha value is -1.47. The number of halogens is 2. The summed E-state index contributed by atoms with van der Waals surface area (Å²) in [6, 6.07) is 8.35. The lowest BCUT2D eigenvalue weighted by Crippen LogP contribution is -3.00. The molecule has 0 bridgehead atoms. The molecule has 7 heteroatoms. The van der Waals surface area contributed by atoms with Crippen molar-refractivity contribution in [2.45, 2.75) is 149 Å². The van der Waals surface area contributed by atoms with Crippen molar-refractivity contribution < 1.29 is 47.9 Å². The SMILES string of the molecule is CCCCCCCCCC[n+]1ccc(CCCCNC(=O)Nc2cc[n+](CCCCCCCCCC)cc2)cc1.[Br-].[Br-]. The van der Waals surface area contributed by atoms with Gasteiger partial charge in [-0.3, -0.25) is 0 Å². The quantitative estimate of drug-likeness (QED) is 0.128. The number of pyridine rings is 2. The van der Waals surface area contributed by atoms with Crippen molar-refractivity contribution in [3.8, 4) is 0 Å². The van der Waals surface area contributed by atoms with Gasteiger partial charge in [-0.25, -0.2) is 13.9 Å². The van der Waals surface area contributed by atoms with Gasteiger partial charge in [-0.05, 0) is 37.7 Å². The normalized spacial score (nSPS) is 10.5. The van der Waals surface area contributed by atoms with Crippen LogP contribution in [0.4, 0.5) is 10.5 Å². The highest BCUT2D eigenvalue weighted by Crippen LogP contribution is 2.10. The maximum atomic E-state index is 12.3. The van der Waals surface area contributed by atoms with Gasteiger partial charge in [-0.15, -0.1) is 0 Å². The average molecular weight is 713 g/mol. The van der Waals surface area contributed by atoms with Crippen LogP contribution in [-0.4, -0.2) is 12.6 Å². The number of aryl methyl sites for hydroxylation is 3. The second kappa shape index (κ2) is 28.3. The number of rotatable bonds is 24. The zero-order valence-corrected chi connectivity index (χ0v) is 29.9. The molecule has 0 aliphatic heterocycles. The number of nitrogens with one attached hydrogen (secondary N) is 2. The second-order valence-electron chi connectivity index (χ2n) is 11.6. The van der Waals surface area contributed by atoms with E-state index in [0.717, 1.165) is 38.0 Å². The van der Waals surface area contributed by atoms with E-state index in [0.29, 0.717) is 6.54 Å². The number of unbranched alkanes of at least 4 members (excludes halogenated alkanes) is 15. The van der Waals surface area contributed by atoms with Crippen LogP contribution >= 0.6 is 0 Å². The predicted octanol–water partition coefficient (Wildman–Crippen LogP) is 2.70. The average Bonchev–Trinajstić information content (AvgIpc) is 2.97. The van der Waals surface area contributed by atoms with Gasteiger partial charge in [-0.1, -0.05) is 90.9 Å². The van der Waals surface area contributed by atoms with Gasteiger partial charge in [0.1, 0.15) is 13.1 Å². The number of carbonyl (C=O) groups excluding carboxylic acids is 1. The van der Waals surface area contributed by atoms with Gasteiger partial charge >= 0.3 is 6.03 Å². The van der Waals surface area contributed by atoms with Crippen molar-refractivity contribution in [2.24, 2.45) is 0 Å². The standard InChI is InChI=1S/C35H58N4O.2BrH/c1-3-5-7-9-11-13-15-19-27-38-29-22-33(23-30-38)21-17-18-26-36-35(40)37-34-24-31-39(32-25-34)28-20-16-14-12-10-8-6-4-2;;/h22-25,29-32H,3-21,26-28H2,1-2H3;2*1H. The summed E-state index contributed by atoms with van der Waals surface area (Å²) in [6.45, 7) is 7.41. The molecule has 0 fully saturated rings. The maximum Gasteiger partial charge on any atom is 0.319 e. The first kappa shape index (κ1) is 40.5. The third-order valence-electron chi connectivity index (χ3n) is 7.83. The van der Waals surface area contributed by atoms with Crippen LogP contribution in [0.15, 0.2) is 49.1 Å². The minimum absolute atomic E-state index is 0. The number of amides is 2. The van der Waals surface area contributed by atoms with Gasteiger partial charge < -0.3 is 44.6 Å². The molecule has 2 aromatic heterocycles. The summed E-state index contributed by atoms with van der Waals surface area (Å²) in [5, 5.41) is 5.95. The topological polar surface area (TPSA) is 48.9 Å². The lowest BCUT2D eigenvalue weighted by molar-refractivity contribution is -0.697. The maximum absolute atomic E-state index is 12.3. The van der Waals surface area contributed by atoms with Gasteiger partial charge in [0.2, 0.25) is 0 Å². The Bertz CT molecular complexity index is 878. The van der Waals surface area contributed by atoms with Gasteiger partial charge in [0, 0.05) is 43.7 Å². The Morgan fingerprint density at radius 2 is 1.00 bits per heavy atom. The zero-order valence-electron chi connectivity index (χ0n) is 26.7. The molecular weight excluding hydrogens is 652 g/mol. The number of anilines is 1. The molecule has 0 radical (unpaired) electrons. The summed E-state index contributed by atoms with van der Waals surface area (Å²) in [5.74, 6) is 0. The van der Waals surface area contributed by atoms with Crippen molar-refractivity contribution in [3.63, 3.8) is 0 Å². The fourth-order valence-electron chi connectivity index (χ4n) is 5.18. The van der Waals surface area contributed by atoms with Crippen molar-refractivity contribution >= 4 is 11.7 Å². The third kappa shape index (κ3) is 21.3. The van der Waals surface area contributed by atoms with E-state index in [1.807, 2.05) is 12.1 Å². The van der Waals surface area contributed by atoms with Crippen LogP contribution < -0.4 is 53.7 Å². The minimum atomic E-state index is -0.123. The van der Waals surface area contributed by atoms with Crippen molar-refractivity contribution in [3.05, 3.63) is 54.6 Å². The van der Waals surface area contributed by atoms with Crippen molar-refractivity contribution in [1.82, 2.24) is 5.32 Å². The number of hydrogen-bond donors (Lipinski definition) is 2. The molecule has 2 amide bonds. The molecule has 0 saturated carbocycles. The highest BCUT2D eigenvalue weighted by molar-refractivity contribution is 5.88. The van der Waals surface area contributed by atoms with Crippen LogP contribution in [0.25, 0.3) is 0 Å². The van der Waals surface area contributed by atoms with Crippen molar-refractivity contribution in [1.29, 1.82) is 0 Å². The fourth-order valence-corrected chi connectivity index (χ4v) is 5.18. The van der Waals surface area contributed by atoms with Gasteiger partial charge in [0.05, 0.1) is 5.69 Å². The van der Waals surface area contributed by atoms with E-state index in [-0.39, 0.29) is 40.0 Å². The van der Waals surface area contributed by atoms with Gasteiger partial charge in [0.25, 0.3) is 0 Å². The van der Waals surface area contributed by atoms with Crippen molar-refractivity contribution in [2.75, 3.05) is 11.9 Å². The van der Waals surface area contributed by atoms with E-state index in [2.05, 4.69) is 70.5 Å². The smallest absolute Gasteiger partial charge is 0.319 e. The Labute approximate surface area is 279 Å². The van der Waals surface area contributed by atoms with Crippen LogP contribution in [0.5, 0.6) is 0 Å². The highest BCUT2D eigenvalue weighted by atomic mass is 79.9. The molecule has 0 aliphatic carbocycles. The number of hydrogen-bond acceptors (Lipinski definition) is 1. The number of carbonyl (C=O) groups is 1. The number of aromatic nitrogens is 2. The molecule has 2 heterocycles. The summed E-state index contributed by atoms with van der Waals surface area (Å²) in [5.41, 5.74) is 2.22. The number of nitrogens with zero attached hydrogens (tertiary/aromatic N) is 2. The monoisotopic (exact) mass is 710 g/mol. The lowest BCUT2D eigenvalue weighted by atomic mass is 10.1. The second-order valence-corrected chi connectivity index (χ2v) is 11.6. The summed E-state index contributed by atoms with van der Waals surface area (Å²) >= 11 is 0. The number of urea groups is 1. The highest BCUT2D eigenvalue weighted by Gasteiger charge is 2.06. The Morgan fingerprint density at radius 1 is 0.571 bits per heavy atom. The summed E-state index contributed by atoms with van der Waals surface area (Å²) < 4.78 is 4.52. The molecule has 0 unspecified atom stereocenters. The minimum Gasteiger partial charge on any atom is -1.00 e. The lowest BCUT2D eigenvalue weighted by Gasteiger charge is -2.07. The molecule has 240 valence electrons. The van der Waals surface area contributed by atoms with E-state index in [1.54, 1.807) is 0 Å². The van der Waals surface area contributed by atoms with E-state index in [4.69, 9.17) is 0 Å². The van der Waals surface area contributed by atoms with Crippen LogP contribution in [0, 0.1) is 0 Å². The summed E-state index contributed by atoms with van der Waals surface area (Å²) in [6.07, 6.45) is 33.3. The largest absolute Gasteiger partial charge is 1.00 e. The molecule has 0 saturated heterocycles. The third-order valence-corrected chi connectivity index (χ3v) is 7.83.